The van der Waals surface area contributed by atoms with Crippen molar-refractivity contribution in [1.29, 1.82) is 0 Å². The summed E-state index contributed by atoms with van der Waals surface area (Å²) in [6, 6.07) is 8.15. The van der Waals surface area contributed by atoms with Crippen LogP contribution in [-0.4, -0.2) is 42.8 Å². The first-order chi connectivity index (χ1) is 15.2. The predicted octanol–water partition coefficient (Wildman–Crippen LogP) is 4.56. The summed E-state index contributed by atoms with van der Waals surface area (Å²) in [6.45, 7) is 2.23. The lowest BCUT2D eigenvalue weighted by Gasteiger charge is -2.17. The van der Waals surface area contributed by atoms with Crippen molar-refractivity contribution in [3.8, 4) is 5.75 Å². The standard InChI is InChI=1S/C22H24Cl2N2O6/c1-3-4-9-32-22(30)26-18(21(29)31-2)10-13-5-7-14(8-6-13)25-20(28)19-16(23)11-15(27)12-17(19)24/h5-8,11-12,18,27H,3-4,9-10H2,1-2H3,(H,25,28)(H,26,30). The Bertz CT molecular complexity index is 942. The van der Waals surface area contributed by atoms with E-state index in [0.29, 0.717) is 11.3 Å². The Morgan fingerprint density at radius 1 is 1.09 bits per heavy atom. The molecule has 0 fully saturated rings. The third-order valence-corrected chi connectivity index (χ3v) is 5.01. The van der Waals surface area contributed by atoms with Crippen molar-refractivity contribution in [2.45, 2.75) is 32.2 Å². The monoisotopic (exact) mass is 482 g/mol. The maximum atomic E-state index is 12.5. The van der Waals surface area contributed by atoms with E-state index in [4.69, 9.17) is 32.7 Å². The lowest BCUT2D eigenvalue weighted by molar-refractivity contribution is -0.143. The van der Waals surface area contributed by atoms with Crippen LogP contribution in [-0.2, 0) is 20.7 Å². The van der Waals surface area contributed by atoms with Crippen molar-refractivity contribution in [1.82, 2.24) is 5.32 Å². The number of phenols is 1. The molecule has 3 N–H and O–H groups in total. The van der Waals surface area contributed by atoms with Gasteiger partial charge in [0, 0.05) is 12.1 Å². The van der Waals surface area contributed by atoms with E-state index >= 15 is 0 Å². The number of anilines is 1. The van der Waals surface area contributed by atoms with Crippen LogP contribution in [0.4, 0.5) is 10.5 Å². The molecule has 2 aromatic carbocycles. The number of hydrogen-bond donors (Lipinski definition) is 3. The van der Waals surface area contributed by atoms with Crippen molar-refractivity contribution in [3.05, 3.63) is 57.6 Å². The molecule has 0 aliphatic carbocycles. The Hall–Kier alpha value is -2.97. The van der Waals surface area contributed by atoms with Crippen molar-refractivity contribution in [3.63, 3.8) is 0 Å². The number of aromatic hydroxyl groups is 1. The van der Waals surface area contributed by atoms with Gasteiger partial charge in [0.05, 0.1) is 29.3 Å². The van der Waals surface area contributed by atoms with E-state index in [9.17, 15) is 19.5 Å². The molecule has 0 aliphatic heterocycles. The van der Waals surface area contributed by atoms with Crippen molar-refractivity contribution < 1.29 is 29.0 Å². The third kappa shape index (κ3) is 7.32. The summed E-state index contributed by atoms with van der Waals surface area (Å²) in [5.41, 5.74) is 1.21. The van der Waals surface area contributed by atoms with E-state index in [-0.39, 0.29) is 34.4 Å². The Morgan fingerprint density at radius 2 is 1.72 bits per heavy atom. The summed E-state index contributed by atoms with van der Waals surface area (Å²) >= 11 is 12.0. The number of rotatable bonds is 9. The van der Waals surface area contributed by atoms with Gasteiger partial charge < -0.3 is 25.2 Å². The summed E-state index contributed by atoms with van der Waals surface area (Å²) in [5, 5.41) is 14.7. The van der Waals surface area contributed by atoms with Gasteiger partial charge in [0.2, 0.25) is 0 Å². The van der Waals surface area contributed by atoms with Crippen LogP contribution >= 0.6 is 23.2 Å². The van der Waals surface area contributed by atoms with Gasteiger partial charge >= 0.3 is 12.1 Å². The highest BCUT2D eigenvalue weighted by Crippen LogP contribution is 2.30. The van der Waals surface area contributed by atoms with Gasteiger partial charge in [0.25, 0.3) is 5.91 Å². The number of esters is 1. The number of carbonyl (C=O) groups is 3. The molecule has 172 valence electrons. The second-order valence-corrected chi connectivity index (χ2v) is 7.66. The smallest absolute Gasteiger partial charge is 0.407 e. The van der Waals surface area contributed by atoms with Crippen LogP contribution in [0.1, 0.15) is 35.7 Å². The fourth-order valence-corrected chi connectivity index (χ4v) is 3.41. The number of phenolic OH excluding ortho intramolecular Hbond substituents is 1. The first-order valence-corrected chi connectivity index (χ1v) is 10.6. The molecule has 2 aromatic rings. The minimum Gasteiger partial charge on any atom is -0.508 e. The molecule has 0 spiro atoms. The molecule has 10 heteroatoms. The van der Waals surface area contributed by atoms with E-state index < -0.39 is 24.0 Å². The largest absolute Gasteiger partial charge is 0.508 e. The molecule has 32 heavy (non-hydrogen) atoms. The minimum absolute atomic E-state index is 0.0157. The Morgan fingerprint density at radius 3 is 2.28 bits per heavy atom. The predicted molar refractivity (Wildman–Crippen MR) is 121 cm³/mol. The van der Waals surface area contributed by atoms with Crippen LogP contribution in [0.3, 0.4) is 0 Å². The van der Waals surface area contributed by atoms with Crippen LogP contribution in [0, 0.1) is 0 Å². The zero-order valence-electron chi connectivity index (χ0n) is 17.6. The van der Waals surface area contributed by atoms with E-state index in [1.807, 2.05) is 6.92 Å². The lowest BCUT2D eigenvalue weighted by atomic mass is 10.1. The highest BCUT2D eigenvalue weighted by molar-refractivity contribution is 6.40. The second-order valence-electron chi connectivity index (χ2n) is 6.85. The van der Waals surface area contributed by atoms with Crippen LogP contribution in [0.25, 0.3) is 0 Å². The van der Waals surface area contributed by atoms with Gasteiger partial charge in [-0.15, -0.1) is 0 Å². The number of unbranched alkanes of at least 4 members (excludes halogenated alkanes) is 1. The van der Waals surface area contributed by atoms with Crippen molar-refractivity contribution in [2.24, 2.45) is 0 Å². The van der Waals surface area contributed by atoms with Gasteiger partial charge in [0.15, 0.2) is 0 Å². The van der Waals surface area contributed by atoms with Gasteiger partial charge in [-0.1, -0.05) is 48.7 Å². The molecule has 8 nitrogen and oxygen atoms in total. The zero-order chi connectivity index (χ0) is 23.7. The first-order valence-electron chi connectivity index (χ1n) is 9.84. The maximum absolute atomic E-state index is 12.5. The SMILES string of the molecule is CCCCOC(=O)NC(Cc1ccc(NC(=O)c2c(Cl)cc(O)cc2Cl)cc1)C(=O)OC. The molecule has 0 aromatic heterocycles. The second kappa shape index (κ2) is 12.2. The van der Waals surface area contributed by atoms with Crippen LogP contribution in [0.15, 0.2) is 36.4 Å². The molecule has 1 unspecified atom stereocenters. The first kappa shape index (κ1) is 25.3. The molecule has 1 atom stereocenters. The van der Waals surface area contributed by atoms with E-state index in [1.54, 1.807) is 24.3 Å². The van der Waals surface area contributed by atoms with Gasteiger partial charge in [-0.25, -0.2) is 9.59 Å². The van der Waals surface area contributed by atoms with Gasteiger partial charge in [0.1, 0.15) is 11.8 Å². The Labute approximate surface area is 195 Å². The molecular formula is C22H24Cl2N2O6. The average molecular weight is 483 g/mol. The zero-order valence-corrected chi connectivity index (χ0v) is 19.1. The number of ether oxygens (including phenoxy) is 2. The fraction of sp³-hybridized carbons (Fsp3) is 0.318. The third-order valence-electron chi connectivity index (χ3n) is 4.41. The summed E-state index contributed by atoms with van der Waals surface area (Å²) in [7, 11) is 1.23. The average Bonchev–Trinajstić information content (AvgIpc) is 2.73. The quantitative estimate of drug-likeness (QED) is 0.356. The fourth-order valence-electron chi connectivity index (χ4n) is 2.76. The number of halogens is 2. The maximum Gasteiger partial charge on any atom is 0.407 e. The number of nitrogens with one attached hydrogen (secondary N) is 2. The molecule has 0 saturated carbocycles. The van der Waals surface area contributed by atoms with E-state index in [2.05, 4.69) is 10.6 Å². The lowest BCUT2D eigenvalue weighted by Crippen LogP contribution is -2.43. The number of alkyl carbamates (subject to hydrolysis) is 1. The Kier molecular flexibility index (Phi) is 9.61. The molecule has 0 saturated heterocycles. The van der Waals surface area contributed by atoms with Gasteiger partial charge in [-0.05, 0) is 36.2 Å². The molecule has 2 amide bonds. The molecular weight excluding hydrogens is 459 g/mol. The molecule has 0 aliphatic rings. The van der Waals surface area contributed by atoms with Crippen molar-refractivity contribution >= 4 is 46.9 Å². The molecule has 2 rings (SSSR count). The van der Waals surface area contributed by atoms with E-state index in [0.717, 1.165) is 12.8 Å². The number of methoxy groups -OCH3 is 1. The summed E-state index contributed by atoms with van der Waals surface area (Å²) in [6.07, 6.45) is 1.07. The molecule has 0 bridgehead atoms. The highest BCUT2D eigenvalue weighted by atomic mass is 35.5. The van der Waals surface area contributed by atoms with E-state index in [1.165, 1.54) is 19.2 Å². The number of carbonyl (C=O) groups excluding carboxylic acids is 3. The normalized spacial score (nSPS) is 11.4. The molecule has 0 heterocycles. The summed E-state index contributed by atoms with van der Waals surface area (Å²) < 4.78 is 9.79. The van der Waals surface area contributed by atoms with Gasteiger partial charge in [-0.2, -0.15) is 0 Å². The van der Waals surface area contributed by atoms with Crippen LogP contribution in [0.5, 0.6) is 5.75 Å². The summed E-state index contributed by atoms with van der Waals surface area (Å²) in [4.78, 5) is 36.4. The van der Waals surface area contributed by atoms with Crippen LogP contribution < -0.4 is 10.6 Å². The van der Waals surface area contributed by atoms with Crippen LogP contribution in [0.2, 0.25) is 10.0 Å². The highest BCUT2D eigenvalue weighted by Gasteiger charge is 2.23. The minimum atomic E-state index is -0.927. The van der Waals surface area contributed by atoms with Gasteiger partial charge in [-0.3, -0.25) is 4.79 Å². The van der Waals surface area contributed by atoms with Crippen molar-refractivity contribution in [2.75, 3.05) is 19.0 Å². The molecule has 0 radical (unpaired) electrons. The number of amides is 2. The summed E-state index contributed by atoms with van der Waals surface area (Å²) in [5.74, 6) is -1.30. The Balaban J connectivity index is 2.04. The number of benzene rings is 2. The topological polar surface area (TPSA) is 114 Å². The number of hydrogen-bond acceptors (Lipinski definition) is 6.